The summed E-state index contributed by atoms with van der Waals surface area (Å²) in [6.45, 7) is 11.1. The van der Waals surface area contributed by atoms with Crippen molar-refractivity contribution in [2.75, 3.05) is 44.2 Å². The molecule has 0 atom stereocenters. The number of hydrogen-bond donors (Lipinski definition) is 1. The molecule has 0 spiro atoms. The molecule has 5 nitrogen and oxygen atoms in total. The molecule has 0 saturated carbocycles. The van der Waals surface area contributed by atoms with Gasteiger partial charge >= 0.3 is 6.09 Å². The van der Waals surface area contributed by atoms with Gasteiger partial charge in [-0.1, -0.05) is 12.1 Å². The first kappa shape index (κ1) is 18.1. The van der Waals surface area contributed by atoms with Gasteiger partial charge in [-0.2, -0.15) is 0 Å². The van der Waals surface area contributed by atoms with Crippen LogP contribution in [0.3, 0.4) is 0 Å². The van der Waals surface area contributed by atoms with Crippen molar-refractivity contribution in [3.63, 3.8) is 0 Å². The number of piperidine rings is 1. The predicted octanol–water partition coefficient (Wildman–Crippen LogP) is 3.21. The summed E-state index contributed by atoms with van der Waals surface area (Å²) >= 11 is 0. The average molecular weight is 345 g/mol. The third-order valence-corrected chi connectivity index (χ3v) is 5.00. The van der Waals surface area contributed by atoms with Crippen molar-refractivity contribution in [3.8, 4) is 0 Å². The second-order valence-corrected chi connectivity index (χ2v) is 8.07. The van der Waals surface area contributed by atoms with Crippen LogP contribution in [0.25, 0.3) is 0 Å². The molecular weight excluding hydrogens is 314 g/mol. The molecular formula is C20H31N3O2. The van der Waals surface area contributed by atoms with Gasteiger partial charge in [0.1, 0.15) is 5.60 Å². The van der Waals surface area contributed by atoms with Gasteiger partial charge in [0, 0.05) is 31.9 Å². The van der Waals surface area contributed by atoms with Crippen molar-refractivity contribution in [1.82, 2.24) is 10.2 Å². The highest BCUT2D eigenvalue weighted by molar-refractivity contribution is 5.68. The molecule has 2 fully saturated rings. The topological polar surface area (TPSA) is 44.8 Å². The molecule has 0 aliphatic carbocycles. The summed E-state index contributed by atoms with van der Waals surface area (Å²) in [4.78, 5) is 16.3. The van der Waals surface area contributed by atoms with E-state index in [4.69, 9.17) is 4.74 Å². The standard InChI is InChI=1S/C20H31N3O2/c1-20(2,3)25-19(24)23-14-12-22(13-15-23)18-6-4-16(5-7-18)17-8-10-21-11-9-17/h4-7,17,21H,8-15H2,1-3H3. The molecule has 5 heteroatoms. The van der Waals surface area contributed by atoms with Gasteiger partial charge in [0.2, 0.25) is 0 Å². The fourth-order valence-electron chi connectivity index (χ4n) is 3.59. The Hall–Kier alpha value is -1.75. The largest absolute Gasteiger partial charge is 0.444 e. The van der Waals surface area contributed by atoms with E-state index in [1.54, 1.807) is 0 Å². The van der Waals surface area contributed by atoms with Crippen molar-refractivity contribution in [1.29, 1.82) is 0 Å². The summed E-state index contributed by atoms with van der Waals surface area (Å²) in [7, 11) is 0. The van der Waals surface area contributed by atoms with Crippen LogP contribution in [-0.4, -0.2) is 55.9 Å². The minimum atomic E-state index is -0.432. The second kappa shape index (κ2) is 7.65. The van der Waals surface area contributed by atoms with Crippen molar-refractivity contribution in [2.24, 2.45) is 0 Å². The lowest BCUT2D eigenvalue weighted by molar-refractivity contribution is 0.0240. The molecule has 1 N–H and O–H groups in total. The van der Waals surface area contributed by atoms with Crippen LogP contribution in [0.5, 0.6) is 0 Å². The van der Waals surface area contributed by atoms with Crippen LogP contribution >= 0.6 is 0 Å². The minimum absolute atomic E-state index is 0.201. The van der Waals surface area contributed by atoms with Gasteiger partial charge in [-0.25, -0.2) is 4.79 Å². The summed E-state index contributed by atoms with van der Waals surface area (Å²) in [5.74, 6) is 0.694. The molecule has 25 heavy (non-hydrogen) atoms. The van der Waals surface area contributed by atoms with Crippen LogP contribution in [-0.2, 0) is 4.74 Å². The van der Waals surface area contributed by atoms with E-state index in [9.17, 15) is 4.79 Å². The monoisotopic (exact) mass is 345 g/mol. The minimum Gasteiger partial charge on any atom is -0.444 e. The normalized spacial score (nSPS) is 19.8. The molecule has 2 saturated heterocycles. The Bertz CT molecular complexity index is 566. The van der Waals surface area contributed by atoms with E-state index in [1.165, 1.54) is 24.1 Å². The van der Waals surface area contributed by atoms with E-state index in [1.807, 2.05) is 25.7 Å². The zero-order valence-corrected chi connectivity index (χ0v) is 15.8. The lowest BCUT2D eigenvalue weighted by atomic mass is 9.90. The number of amides is 1. The van der Waals surface area contributed by atoms with Crippen LogP contribution in [0.4, 0.5) is 10.5 Å². The van der Waals surface area contributed by atoms with Crippen LogP contribution < -0.4 is 10.2 Å². The lowest BCUT2D eigenvalue weighted by Gasteiger charge is -2.37. The van der Waals surface area contributed by atoms with Crippen molar-refractivity contribution in [3.05, 3.63) is 29.8 Å². The van der Waals surface area contributed by atoms with Gasteiger partial charge in [0.05, 0.1) is 0 Å². The SMILES string of the molecule is CC(C)(C)OC(=O)N1CCN(c2ccc(C3CCNCC3)cc2)CC1. The van der Waals surface area contributed by atoms with E-state index < -0.39 is 5.60 Å². The van der Waals surface area contributed by atoms with E-state index in [-0.39, 0.29) is 6.09 Å². The third kappa shape index (κ3) is 4.88. The van der Waals surface area contributed by atoms with Gasteiger partial charge in [0.25, 0.3) is 0 Å². The Morgan fingerprint density at radius 1 is 1.04 bits per heavy atom. The summed E-state index contributed by atoms with van der Waals surface area (Å²) < 4.78 is 5.46. The first-order valence-corrected chi connectivity index (χ1v) is 9.46. The highest BCUT2D eigenvalue weighted by atomic mass is 16.6. The Morgan fingerprint density at radius 3 is 2.20 bits per heavy atom. The van der Waals surface area contributed by atoms with Gasteiger partial charge in [-0.05, 0) is 70.3 Å². The summed E-state index contributed by atoms with van der Waals surface area (Å²) in [6, 6.07) is 9.04. The third-order valence-electron chi connectivity index (χ3n) is 5.00. The summed E-state index contributed by atoms with van der Waals surface area (Å²) in [5.41, 5.74) is 2.28. The number of nitrogens with zero attached hydrogens (tertiary/aromatic N) is 2. The smallest absolute Gasteiger partial charge is 0.410 e. The zero-order chi connectivity index (χ0) is 17.9. The number of ether oxygens (including phenoxy) is 1. The molecule has 1 aromatic carbocycles. The summed E-state index contributed by atoms with van der Waals surface area (Å²) in [5, 5.41) is 3.42. The Morgan fingerprint density at radius 2 is 1.64 bits per heavy atom. The molecule has 2 heterocycles. The van der Waals surface area contributed by atoms with Gasteiger partial charge in [-0.15, -0.1) is 0 Å². The quantitative estimate of drug-likeness (QED) is 0.894. The lowest BCUT2D eigenvalue weighted by Crippen LogP contribution is -2.50. The van der Waals surface area contributed by atoms with Crippen molar-refractivity contribution in [2.45, 2.75) is 45.1 Å². The maximum Gasteiger partial charge on any atom is 0.410 e. The molecule has 2 aliphatic heterocycles. The van der Waals surface area contributed by atoms with Gasteiger partial charge < -0.3 is 19.9 Å². The Labute approximate surface area is 151 Å². The Kier molecular flexibility index (Phi) is 5.52. The number of piperazine rings is 1. The number of anilines is 1. The number of nitrogens with one attached hydrogen (secondary N) is 1. The Balaban J connectivity index is 1.53. The number of carbonyl (C=O) groups is 1. The summed E-state index contributed by atoms with van der Waals surface area (Å²) in [6.07, 6.45) is 2.26. The maximum absolute atomic E-state index is 12.2. The molecule has 1 amide bonds. The maximum atomic E-state index is 12.2. The van der Waals surface area contributed by atoms with E-state index in [2.05, 4.69) is 34.5 Å². The first-order chi connectivity index (χ1) is 11.9. The van der Waals surface area contributed by atoms with Gasteiger partial charge in [-0.3, -0.25) is 0 Å². The average Bonchev–Trinajstić information content (AvgIpc) is 2.61. The highest BCUT2D eigenvalue weighted by Crippen LogP contribution is 2.27. The molecule has 1 aromatic rings. The number of rotatable bonds is 2. The van der Waals surface area contributed by atoms with Crippen molar-refractivity contribution < 1.29 is 9.53 Å². The predicted molar refractivity (Wildman–Crippen MR) is 101 cm³/mol. The first-order valence-electron chi connectivity index (χ1n) is 9.46. The van der Waals surface area contributed by atoms with E-state index in [0.717, 1.165) is 26.2 Å². The van der Waals surface area contributed by atoms with Crippen LogP contribution in [0.15, 0.2) is 24.3 Å². The highest BCUT2D eigenvalue weighted by Gasteiger charge is 2.26. The zero-order valence-electron chi connectivity index (χ0n) is 15.8. The number of hydrogen-bond acceptors (Lipinski definition) is 4. The molecule has 138 valence electrons. The molecule has 0 aromatic heterocycles. The molecule has 0 bridgehead atoms. The van der Waals surface area contributed by atoms with Gasteiger partial charge in [0.15, 0.2) is 0 Å². The second-order valence-electron chi connectivity index (χ2n) is 8.07. The molecule has 0 radical (unpaired) electrons. The van der Waals surface area contributed by atoms with Crippen LogP contribution in [0.1, 0.15) is 45.1 Å². The van der Waals surface area contributed by atoms with E-state index in [0.29, 0.717) is 19.0 Å². The van der Waals surface area contributed by atoms with Crippen LogP contribution in [0, 0.1) is 0 Å². The van der Waals surface area contributed by atoms with E-state index >= 15 is 0 Å². The number of carbonyl (C=O) groups excluding carboxylic acids is 1. The fraction of sp³-hybridized carbons (Fsp3) is 0.650. The molecule has 2 aliphatic rings. The fourth-order valence-corrected chi connectivity index (χ4v) is 3.59. The number of benzene rings is 1. The molecule has 3 rings (SSSR count). The van der Waals surface area contributed by atoms with Crippen molar-refractivity contribution >= 4 is 11.8 Å². The molecule has 0 unspecified atom stereocenters. The van der Waals surface area contributed by atoms with Crippen LogP contribution in [0.2, 0.25) is 0 Å².